The number of primary amides is 1. The van der Waals surface area contributed by atoms with Gasteiger partial charge in [-0.1, -0.05) is 13.3 Å². The standard InChI is InChI=1S/C12H24N2O2S/c1-3-14-12(2,11(13)15)6-4-5-7-17-10-8-16-9-10/h10,14H,3-9H2,1-2H3,(H2,13,15). The van der Waals surface area contributed by atoms with Crippen molar-refractivity contribution in [2.45, 2.75) is 43.9 Å². The van der Waals surface area contributed by atoms with Gasteiger partial charge in [-0.25, -0.2) is 0 Å². The number of carbonyl (C=O) groups is 1. The zero-order valence-electron chi connectivity index (χ0n) is 10.8. The van der Waals surface area contributed by atoms with Gasteiger partial charge >= 0.3 is 0 Å². The lowest BCUT2D eigenvalue weighted by atomic mass is 9.94. The first-order valence-electron chi connectivity index (χ1n) is 6.33. The number of carbonyl (C=O) groups excluding carboxylic acids is 1. The van der Waals surface area contributed by atoms with Gasteiger partial charge in [-0.2, -0.15) is 11.8 Å². The Morgan fingerprint density at radius 2 is 2.24 bits per heavy atom. The highest BCUT2D eigenvalue weighted by Gasteiger charge is 2.29. The summed E-state index contributed by atoms with van der Waals surface area (Å²) in [4.78, 5) is 11.4. The van der Waals surface area contributed by atoms with Gasteiger partial charge in [0.15, 0.2) is 0 Å². The molecule has 5 heteroatoms. The van der Waals surface area contributed by atoms with Crippen LogP contribution in [0, 0.1) is 0 Å². The highest BCUT2D eigenvalue weighted by Crippen LogP contribution is 2.21. The molecule has 0 radical (unpaired) electrons. The molecular formula is C12H24N2O2S. The first kappa shape index (κ1) is 14.8. The summed E-state index contributed by atoms with van der Waals surface area (Å²) in [6.07, 6.45) is 2.99. The molecule has 1 amide bonds. The van der Waals surface area contributed by atoms with Crippen LogP contribution in [0.1, 0.15) is 33.1 Å². The minimum absolute atomic E-state index is 0.251. The van der Waals surface area contributed by atoms with Crippen LogP contribution in [0.4, 0.5) is 0 Å². The Morgan fingerprint density at radius 1 is 1.53 bits per heavy atom. The molecule has 1 unspecified atom stereocenters. The van der Waals surface area contributed by atoms with E-state index in [1.165, 1.54) is 0 Å². The van der Waals surface area contributed by atoms with Gasteiger partial charge in [-0.05, 0) is 32.1 Å². The van der Waals surface area contributed by atoms with Crippen LogP contribution in [-0.4, -0.2) is 42.2 Å². The van der Waals surface area contributed by atoms with Crippen LogP contribution in [-0.2, 0) is 9.53 Å². The molecule has 1 aliphatic rings. The second-order valence-corrected chi connectivity index (χ2v) is 6.12. The smallest absolute Gasteiger partial charge is 0.237 e. The van der Waals surface area contributed by atoms with Crippen LogP contribution >= 0.6 is 11.8 Å². The molecule has 1 rings (SSSR count). The lowest BCUT2D eigenvalue weighted by Gasteiger charge is -2.27. The van der Waals surface area contributed by atoms with Crippen LogP contribution in [0.3, 0.4) is 0 Å². The van der Waals surface area contributed by atoms with Crippen molar-refractivity contribution in [1.82, 2.24) is 5.32 Å². The molecule has 1 heterocycles. The predicted molar refractivity (Wildman–Crippen MR) is 72.2 cm³/mol. The summed E-state index contributed by atoms with van der Waals surface area (Å²) in [5.74, 6) is 0.897. The third-order valence-electron chi connectivity index (χ3n) is 3.14. The van der Waals surface area contributed by atoms with Gasteiger partial charge in [0, 0.05) is 0 Å². The maximum Gasteiger partial charge on any atom is 0.237 e. The minimum Gasteiger partial charge on any atom is -0.379 e. The van der Waals surface area contributed by atoms with Crippen LogP contribution in [0.15, 0.2) is 0 Å². The van der Waals surface area contributed by atoms with Gasteiger partial charge in [-0.15, -0.1) is 0 Å². The number of amides is 1. The van der Waals surface area contributed by atoms with Crippen molar-refractivity contribution in [3.05, 3.63) is 0 Å². The number of nitrogens with two attached hydrogens (primary N) is 1. The number of rotatable bonds is 9. The van der Waals surface area contributed by atoms with E-state index in [2.05, 4.69) is 5.32 Å². The summed E-state index contributed by atoms with van der Waals surface area (Å²) in [6.45, 7) is 6.47. The van der Waals surface area contributed by atoms with Crippen LogP contribution in [0.2, 0.25) is 0 Å². The average Bonchev–Trinajstić information content (AvgIpc) is 2.20. The fraction of sp³-hybridized carbons (Fsp3) is 0.917. The summed E-state index contributed by atoms with van der Waals surface area (Å²) in [5.41, 5.74) is 4.88. The second-order valence-electron chi connectivity index (χ2n) is 4.71. The Morgan fingerprint density at radius 3 is 2.71 bits per heavy atom. The number of ether oxygens (including phenoxy) is 1. The van der Waals surface area contributed by atoms with Crippen LogP contribution < -0.4 is 11.1 Å². The molecule has 100 valence electrons. The molecule has 0 bridgehead atoms. The lowest BCUT2D eigenvalue weighted by molar-refractivity contribution is -0.124. The fourth-order valence-corrected chi connectivity index (χ4v) is 2.92. The Balaban J connectivity index is 2.11. The number of hydrogen-bond acceptors (Lipinski definition) is 4. The van der Waals surface area contributed by atoms with Crippen molar-refractivity contribution in [2.24, 2.45) is 5.73 Å². The molecule has 0 aliphatic carbocycles. The predicted octanol–water partition coefficient (Wildman–Crippen LogP) is 1.14. The Kier molecular flexibility index (Phi) is 6.30. The molecule has 3 N–H and O–H groups in total. The molecule has 1 saturated heterocycles. The number of likely N-dealkylation sites (N-methyl/N-ethyl adjacent to an activating group) is 1. The van der Waals surface area contributed by atoms with E-state index < -0.39 is 5.54 Å². The number of nitrogens with one attached hydrogen (secondary N) is 1. The minimum atomic E-state index is -0.543. The summed E-state index contributed by atoms with van der Waals surface area (Å²) in [6, 6.07) is 0. The van der Waals surface area contributed by atoms with Crippen LogP contribution in [0.5, 0.6) is 0 Å². The maximum atomic E-state index is 11.4. The zero-order chi connectivity index (χ0) is 12.7. The largest absolute Gasteiger partial charge is 0.379 e. The van der Waals surface area contributed by atoms with E-state index in [1.54, 1.807) is 0 Å². The number of thioether (sulfide) groups is 1. The molecule has 1 aliphatic heterocycles. The average molecular weight is 260 g/mol. The summed E-state index contributed by atoms with van der Waals surface area (Å²) in [7, 11) is 0. The third-order valence-corrected chi connectivity index (χ3v) is 4.41. The van der Waals surface area contributed by atoms with E-state index >= 15 is 0 Å². The highest BCUT2D eigenvalue weighted by molar-refractivity contribution is 8.00. The molecule has 1 fully saturated rings. The normalized spacial score (nSPS) is 19.6. The van der Waals surface area contributed by atoms with Crippen molar-refractivity contribution in [3.8, 4) is 0 Å². The molecule has 17 heavy (non-hydrogen) atoms. The van der Waals surface area contributed by atoms with Crippen LogP contribution in [0.25, 0.3) is 0 Å². The quantitative estimate of drug-likeness (QED) is 0.610. The third kappa shape index (κ3) is 4.85. The monoisotopic (exact) mass is 260 g/mol. The van der Waals surface area contributed by atoms with Gasteiger partial charge in [0.05, 0.1) is 24.0 Å². The number of hydrogen-bond donors (Lipinski definition) is 2. The van der Waals surface area contributed by atoms with Gasteiger partial charge in [0.2, 0.25) is 5.91 Å². The molecule has 4 nitrogen and oxygen atoms in total. The van der Waals surface area contributed by atoms with E-state index in [0.29, 0.717) is 5.25 Å². The SMILES string of the molecule is CCNC(C)(CCCCSC1COC1)C(N)=O. The molecule has 0 aromatic rings. The summed E-state index contributed by atoms with van der Waals surface area (Å²) >= 11 is 1.97. The highest BCUT2D eigenvalue weighted by atomic mass is 32.2. The van der Waals surface area contributed by atoms with Gasteiger partial charge < -0.3 is 15.8 Å². The van der Waals surface area contributed by atoms with Crippen molar-refractivity contribution in [2.75, 3.05) is 25.5 Å². The zero-order valence-corrected chi connectivity index (χ0v) is 11.6. The lowest BCUT2D eigenvalue weighted by Crippen LogP contribution is -2.52. The van der Waals surface area contributed by atoms with Crippen molar-refractivity contribution in [3.63, 3.8) is 0 Å². The molecule has 0 spiro atoms. The van der Waals surface area contributed by atoms with Crippen molar-refractivity contribution < 1.29 is 9.53 Å². The number of unbranched alkanes of at least 4 members (excludes halogenated alkanes) is 1. The van der Waals surface area contributed by atoms with Crippen molar-refractivity contribution in [1.29, 1.82) is 0 Å². The summed E-state index contributed by atoms with van der Waals surface area (Å²) in [5, 5.41) is 3.88. The maximum absolute atomic E-state index is 11.4. The first-order valence-corrected chi connectivity index (χ1v) is 7.37. The van der Waals surface area contributed by atoms with Gasteiger partial charge in [-0.3, -0.25) is 4.79 Å². The molecular weight excluding hydrogens is 236 g/mol. The second kappa shape index (κ2) is 7.24. The first-order chi connectivity index (χ1) is 8.08. The molecule has 1 atom stereocenters. The Labute approximate surface area is 108 Å². The summed E-state index contributed by atoms with van der Waals surface area (Å²) < 4.78 is 5.12. The van der Waals surface area contributed by atoms with E-state index in [0.717, 1.165) is 44.8 Å². The van der Waals surface area contributed by atoms with E-state index in [4.69, 9.17) is 10.5 Å². The Hall–Kier alpha value is -0.260. The van der Waals surface area contributed by atoms with E-state index in [1.807, 2.05) is 25.6 Å². The molecule has 0 aromatic heterocycles. The molecule has 0 saturated carbocycles. The van der Waals surface area contributed by atoms with E-state index in [9.17, 15) is 4.79 Å². The fourth-order valence-electron chi connectivity index (χ4n) is 1.83. The molecule has 0 aromatic carbocycles. The van der Waals surface area contributed by atoms with Gasteiger partial charge in [0.1, 0.15) is 0 Å². The van der Waals surface area contributed by atoms with Crippen molar-refractivity contribution >= 4 is 17.7 Å². The van der Waals surface area contributed by atoms with Gasteiger partial charge in [0.25, 0.3) is 0 Å². The van der Waals surface area contributed by atoms with E-state index in [-0.39, 0.29) is 5.91 Å². The topological polar surface area (TPSA) is 64.3 Å². The Bertz CT molecular complexity index is 247.